The van der Waals surface area contributed by atoms with Crippen molar-refractivity contribution in [2.45, 2.75) is 23.5 Å². The maximum atomic E-state index is 10.3. The first kappa shape index (κ1) is 16.6. The molecule has 2 unspecified atom stereocenters. The number of aliphatic hydroxyl groups is 1. The number of hydrogen-bond donors (Lipinski definition) is 2. The summed E-state index contributed by atoms with van der Waals surface area (Å²) in [5.41, 5.74) is 1.27. The van der Waals surface area contributed by atoms with Gasteiger partial charge >= 0.3 is 0 Å². The van der Waals surface area contributed by atoms with Gasteiger partial charge in [-0.3, -0.25) is 4.90 Å². The third-order valence-electron chi connectivity index (χ3n) is 4.18. The van der Waals surface area contributed by atoms with Gasteiger partial charge in [-0.2, -0.15) is 0 Å². The lowest BCUT2D eigenvalue weighted by molar-refractivity contribution is 0.0144. The Morgan fingerprint density at radius 3 is 3.05 bits per heavy atom. The van der Waals surface area contributed by atoms with E-state index in [4.69, 9.17) is 16.3 Å². The van der Waals surface area contributed by atoms with E-state index in [1.165, 1.54) is 10.5 Å². The molecular formula is C16H23ClN2O2S. The summed E-state index contributed by atoms with van der Waals surface area (Å²) in [7, 11) is 0. The van der Waals surface area contributed by atoms with E-state index in [2.05, 4.69) is 22.3 Å². The van der Waals surface area contributed by atoms with Crippen molar-refractivity contribution in [2.24, 2.45) is 0 Å². The van der Waals surface area contributed by atoms with Crippen LogP contribution in [0.5, 0.6) is 0 Å². The van der Waals surface area contributed by atoms with Crippen LogP contribution in [0.15, 0.2) is 23.1 Å². The Kier molecular flexibility index (Phi) is 6.02. The van der Waals surface area contributed by atoms with E-state index in [9.17, 15) is 5.11 Å². The summed E-state index contributed by atoms with van der Waals surface area (Å²) in [5, 5.41) is 14.6. The third-order valence-corrected chi connectivity index (χ3v) is 5.54. The molecule has 22 heavy (non-hydrogen) atoms. The summed E-state index contributed by atoms with van der Waals surface area (Å²) >= 11 is 8.01. The highest BCUT2D eigenvalue weighted by atomic mass is 35.5. The largest absolute Gasteiger partial charge is 0.390 e. The van der Waals surface area contributed by atoms with Crippen molar-refractivity contribution >= 4 is 23.4 Å². The smallest absolute Gasteiger partial charge is 0.0791 e. The van der Waals surface area contributed by atoms with E-state index in [0.29, 0.717) is 13.1 Å². The first-order valence-corrected chi connectivity index (χ1v) is 9.22. The number of thioether (sulfide) groups is 1. The SMILES string of the molecule is OC(CNC1CCSc2ccc(Cl)cc21)CN1CCOCC1. The van der Waals surface area contributed by atoms with Crippen LogP contribution in [-0.2, 0) is 4.74 Å². The van der Waals surface area contributed by atoms with Crippen molar-refractivity contribution in [1.82, 2.24) is 10.2 Å². The molecule has 4 nitrogen and oxygen atoms in total. The number of rotatable bonds is 5. The van der Waals surface area contributed by atoms with Crippen molar-refractivity contribution in [2.75, 3.05) is 45.1 Å². The molecule has 2 aliphatic heterocycles. The zero-order valence-corrected chi connectivity index (χ0v) is 14.2. The van der Waals surface area contributed by atoms with E-state index in [1.54, 1.807) is 0 Å². The fourth-order valence-electron chi connectivity index (χ4n) is 3.00. The summed E-state index contributed by atoms with van der Waals surface area (Å²) in [4.78, 5) is 3.56. The zero-order valence-electron chi connectivity index (χ0n) is 12.6. The van der Waals surface area contributed by atoms with Crippen molar-refractivity contribution < 1.29 is 9.84 Å². The first-order chi connectivity index (χ1) is 10.7. The van der Waals surface area contributed by atoms with Crippen LogP contribution in [-0.4, -0.2) is 61.3 Å². The molecule has 2 atom stereocenters. The van der Waals surface area contributed by atoms with Crippen molar-refractivity contribution in [3.8, 4) is 0 Å². The van der Waals surface area contributed by atoms with Crippen LogP contribution in [0.4, 0.5) is 0 Å². The summed E-state index contributed by atoms with van der Waals surface area (Å²) in [6.07, 6.45) is 0.720. The van der Waals surface area contributed by atoms with Crippen LogP contribution in [0.25, 0.3) is 0 Å². The number of aliphatic hydroxyl groups excluding tert-OH is 1. The Hall–Kier alpha value is -0.300. The number of morpholine rings is 1. The van der Waals surface area contributed by atoms with Gasteiger partial charge in [0, 0.05) is 42.1 Å². The Morgan fingerprint density at radius 2 is 2.23 bits per heavy atom. The van der Waals surface area contributed by atoms with Crippen molar-refractivity contribution in [3.63, 3.8) is 0 Å². The number of ether oxygens (including phenoxy) is 1. The van der Waals surface area contributed by atoms with Gasteiger partial charge < -0.3 is 15.2 Å². The number of nitrogens with zero attached hydrogens (tertiary/aromatic N) is 1. The lowest BCUT2D eigenvalue weighted by Crippen LogP contribution is -2.44. The lowest BCUT2D eigenvalue weighted by Gasteiger charge is -2.30. The van der Waals surface area contributed by atoms with Crippen LogP contribution >= 0.6 is 23.4 Å². The van der Waals surface area contributed by atoms with Crippen LogP contribution in [0.1, 0.15) is 18.0 Å². The fraction of sp³-hybridized carbons (Fsp3) is 0.625. The average Bonchev–Trinajstić information content (AvgIpc) is 2.54. The molecule has 0 amide bonds. The number of nitrogens with one attached hydrogen (secondary N) is 1. The van der Waals surface area contributed by atoms with Gasteiger partial charge in [-0.1, -0.05) is 11.6 Å². The molecule has 0 aromatic heterocycles. The Bertz CT molecular complexity index is 497. The van der Waals surface area contributed by atoms with Crippen molar-refractivity contribution in [1.29, 1.82) is 0 Å². The molecule has 3 rings (SSSR count). The Morgan fingerprint density at radius 1 is 1.41 bits per heavy atom. The second-order valence-electron chi connectivity index (χ2n) is 5.85. The zero-order chi connectivity index (χ0) is 15.4. The molecule has 0 bridgehead atoms. The predicted molar refractivity (Wildman–Crippen MR) is 90.8 cm³/mol. The summed E-state index contributed by atoms with van der Waals surface area (Å²) in [5.74, 6) is 1.10. The molecule has 0 aliphatic carbocycles. The highest BCUT2D eigenvalue weighted by molar-refractivity contribution is 7.99. The van der Waals surface area contributed by atoms with Crippen LogP contribution in [0.3, 0.4) is 0 Å². The average molecular weight is 343 g/mol. The third kappa shape index (κ3) is 4.37. The van der Waals surface area contributed by atoms with E-state index in [-0.39, 0.29) is 12.1 Å². The van der Waals surface area contributed by atoms with E-state index < -0.39 is 0 Å². The molecule has 6 heteroatoms. The van der Waals surface area contributed by atoms with Crippen LogP contribution < -0.4 is 5.32 Å². The van der Waals surface area contributed by atoms with E-state index in [1.807, 2.05) is 17.8 Å². The van der Waals surface area contributed by atoms with Crippen LogP contribution in [0, 0.1) is 0 Å². The molecule has 0 radical (unpaired) electrons. The Balaban J connectivity index is 1.52. The minimum atomic E-state index is -0.352. The van der Waals surface area contributed by atoms with E-state index >= 15 is 0 Å². The molecular weight excluding hydrogens is 320 g/mol. The minimum absolute atomic E-state index is 0.286. The highest BCUT2D eigenvalue weighted by Crippen LogP contribution is 2.37. The molecule has 1 fully saturated rings. The monoisotopic (exact) mass is 342 g/mol. The molecule has 0 spiro atoms. The quantitative estimate of drug-likeness (QED) is 0.858. The molecule has 122 valence electrons. The number of fused-ring (bicyclic) bond motifs is 1. The fourth-order valence-corrected chi connectivity index (χ4v) is 4.29. The van der Waals surface area contributed by atoms with Gasteiger partial charge in [0.15, 0.2) is 0 Å². The summed E-state index contributed by atoms with van der Waals surface area (Å²) in [6, 6.07) is 6.38. The summed E-state index contributed by atoms with van der Waals surface area (Å²) in [6.45, 7) is 4.68. The molecule has 0 saturated carbocycles. The van der Waals surface area contributed by atoms with Gasteiger partial charge in [0.1, 0.15) is 0 Å². The van der Waals surface area contributed by atoms with Crippen molar-refractivity contribution in [3.05, 3.63) is 28.8 Å². The number of benzene rings is 1. The van der Waals surface area contributed by atoms with Gasteiger partial charge in [0.2, 0.25) is 0 Å². The number of β-amino-alcohol motifs (C(OH)–C–C–N with tert-alkyl or cyclic N) is 1. The predicted octanol–water partition coefficient (Wildman–Crippen LogP) is 2.16. The second kappa shape index (κ2) is 7.99. The maximum Gasteiger partial charge on any atom is 0.0791 e. The normalized spacial score (nSPS) is 24.0. The second-order valence-corrected chi connectivity index (χ2v) is 7.42. The first-order valence-electron chi connectivity index (χ1n) is 7.86. The number of halogens is 1. The topological polar surface area (TPSA) is 44.7 Å². The van der Waals surface area contributed by atoms with Gasteiger partial charge in [-0.05, 0) is 35.9 Å². The number of hydrogen-bond acceptors (Lipinski definition) is 5. The molecule has 2 heterocycles. The minimum Gasteiger partial charge on any atom is -0.390 e. The molecule has 1 aromatic rings. The summed E-state index contributed by atoms with van der Waals surface area (Å²) < 4.78 is 5.33. The molecule has 1 saturated heterocycles. The van der Waals surface area contributed by atoms with Crippen LogP contribution in [0.2, 0.25) is 5.02 Å². The molecule has 2 aliphatic rings. The standard InChI is InChI=1S/C16H23ClN2O2S/c17-12-1-2-16-14(9-12)15(3-8-22-16)18-10-13(20)11-19-4-6-21-7-5-19/h1-2,9,13,15,18,20H,3-8,10-11H2. The Labute approximate surface area is 141 Å². The van der Waals surface area contributed by atoms with Gasteiger partial charge in [-0.25, -0.2) is 0 Å². The highest BCUT2D eigenvalue weighted by Gasteiger charge is 2.22. The maximum absolute atomic E-state index is 10.3. The van der Waals surface area contributed by atoms with Gasteiger partial charge in [-0.15, -0.1) is 11.8 Å². The lowest BCUT2D eigenvalue weighted by atomic mass is 10.0. The van der Waals surface area contributed by atoms with E-state index in [0.717, 1.165) is 43.5 Å². The molecule has 2 N–H and O–H groups in total. The molecule has 1 aromatic carbocycles. The van der Waals surface area contributed by atoms with Gasteiger partial charge in [0.25, 0.3) is 0 Å². The van der Waals surface area contributed by atoms with Gasteiger partial charge in [0.05, 0.1) is 19.3 Å².